The third-order valence-electron chi connectivity index (χ3n) is 4.32. The predicted molar refractivity (Wildman–Crippen MR) is 108 cm³/mol. The van der Waals surface area contributed by atoms with E-state index in [1.165, 1.54) is 23.0 Å². The van der Waals surface area contributed by atoms with E-state index in [9.17, 15) is 14.0 Å². The molecular formula is C22H22FN3O3. The van der Waals surface area contributed by atoms with E-state index in [4.69, 9.17) is 4.74 Å². The Morgan fingerprint density at radius 3 is 2.62 bits per heavy atom. The van der Waals surface area contributed by atoms with Crippen molar-refractivity contribution in [3.63, 3.8) is 0 Å². The highest BCUT2D eigenvalue weighted by Gasteiger charge is 2.08. The molecule has 150 valence electrons. The van der Waals surface area contributed by atoms with Crippen LogP contribution in [-0.4, -0.2) is 28.6 Å². The van der Waals surface area contributed by atoms with Crippen LogP contribution < -0.4 is 15.6 Å². The number of benzene rings is 2. The minimum absolute atomic E-state index is 0.0451. The van der Waals surface area contributed by atoms with Gasteiger partial charge in [0, 0.05) is 24.7 Å². The summed E-state index contributed by atoms with van der Waals surface area (Å²) in [6, 6.07) is 15.0. The van der Waals surface area contributed by atoms with Gasteiger partial charge in [-0.1, -0.05) is 18.2 Å². The summed E-state index contributed by atoms with van der Waals surface area (Å²) in [5, 5.41) is 2.69. The van der Waals surface area contributed by atoms with Gasteiger partial charge in [-0.15, -0.1) is 0 Å². The molecule has 0 fully saturated rings. The van der Waals surface area contributed by atoms with Gasteiger partial charge < -0.3 is 10.1 Å². The molecule has 6 nitrogen and oxygen atoms in total. The number of nitrogens with one attached hydrogen (secondary N) is 1. The molecule has 0 aliphatic heterocycles. The summed E-state index contributed by atoms with van der Waals surface area (Å²) in [7, 11) is 0. The third-order valence-corrected chi connectivity index (χ3v) is 4.32. The SMILES string of the molecule is CCOc1ccc(-c2cc(=O)n(CCNC(=O)Cc3ccccc3F)cn2)cc1. The van der Waals surface area contributed by atoms with Crippen LogP contribution in [0.4, 0.5) is 4.39 Å². The van der Waals surface area contributed by atoms with Crippen molar-refractivity contribution in [1.29, 1.82) is 0 Å². The Balaban J connectivity index is 1.56. The number of rotatable bonds is 8. The lowest BCUT2D eigenvalue weighted by Crippen LogP contribution is -2.31. The monoisotopic (exact) mass is 395 g/mol. The molecule has 0 radical (unpaired) electrons. The lowest BCUT2D eigenvalue weighted by molar-refractivity contribution is -0.120. The van der Waals surface area contributed by atoms with E-state index in [0.29, 0.717) is 17.9 Å². The van der Waals surface area contributed by atoms with Crippen LogP contribution in [0.25, 0.3) is 11.3 Å². The maximum Gasteiger partial charge on any atom is 0.253 e. The quantitative estimate of drug-likeness (QED) is 0.637. The van der Waals surface area contributed by atoms with E-state index in [1.807, 2.05) is 31.2 Å². The predicted octanol–water partition coefficient (Wildman–Crippen LogP) is 2.81. The first-order valence-corrected chi connectivity index (χ1v) is 9.36. The highest BCUT2D eigenvalue weighted by Crippen LogP contribution is 2.19. The zero-order valence-corrected chi connectivity index (χ0v) is 16.1. The minimum atomic E-state index is -0.409. The molecule has 1 heterocycles. The fourth-order valence-electron chi connectivity index (χ4n) is 2.83. The number of carbonyl (C=O) groups excluding carboxylic acids is 1. The molecule has 2 aromatic carbocycles. The Kier molecular flexibility index (Phi) is 6.73. The second-order valence-corrected chi connectivity index (χ2v) is 6.38. The summed E-state index contributed by atoms with van der Waals surface area (Å²) in [4.78, 5) is 28.6. The molecule has 0 unspecified atom stereocenters. The normalized spacial score (nSPS) is 10.6. The maximum atomic E-state index is 13.6. The van der Waals surface area contributed by atoms with Gasteiger partial charge in [0.1, 0.15) is 11.6 Å². The molecule has 0 aliphatic carbocycles. The van der Waals surface area contributed by atoms with E-state index in [1.54, 1.807) is 18.2 Å². The molecule has 3 rings (SSSR count). The maximum absolute atomic E-state index is 13.6. The number of halogens is 1. The molecule has 1 amide bonds. The molecule has 0 saturated heterocycles. The second kappa shape index (κ2) is 9.64. The first-order chi connectivity index (χ1) is 14.1. The number of hydrogen-bond donors (Lipinski definition) is 1. The topological polar surface area (TPSA) is 73.2 Å². The smallest absolute Gasteiger partial charge is 0.253 e. The van der Waals surface area contributed by atoms with Crippen LogP contribution in [0.15, 0.2) is 65.7 Å². The Hall–Kier alpha value is -3.48. The summed E-state index contributed by atoms with van der Waals surface area (Å²) in [6.45, 7) is 3.03. The molecule has 29 heavy (non-hydrogen) atoms. The number of nitrogens with zero attached hydrogens (tertiary/aromatic N) is 2. The van der Waals surface area contributed by atoms with Gasteiger partial charge in [-0.25, -0.2) is 9.37 Å². The van der Waals surface area contributed by atoms with Crippen molar-refractivity contribution in [1.82, 2.24) is 14.9 Å². The van der Waals surface area contributed by atoms with Crippen LogP contribution in [0.3, 0.4) is 0 Å². The third kappa shape index (κ3) is 5.51. The number of carbonyl (C=O) groups is 1. The minimum Gasteiger partial charge on any atom is -0.494 e. The van der Waals surface area contributed by atoms with Crippen molar-refractivity contribution in [3.8, 4) is 17.0 Å². The molecule has 0 spiro atoms. The average Bonchev–Trinajstić information content (AvgIpc) is 2.72. The van der Waals surface area contributed by atoms with Gasteiger partial charge in [0.15, 0.2) is 0 Å². The summed E-state index contributed by atoms with van der Waals surface area (Å²) in [5.41, 5.74) is 1.50. The lowest BCUT2D eigenvalue weighted by atomic mass is 10.1. The Bertz CT molecular complexity index is 1030. The van der Waals surface area contributed by atoms with Crippen LogP contribution in [-0.2, 0) is 17.8 Å². The summed E-state index contributed by atoms with van der Waals surface area (Å²) in [6.07, 6.45) is 1.41. The Morgan fingerprint density at radius 2 is 1.93 bits per heavy atom. The fourth-order valence-corrected chi connectivity index (χ4v) is 2.83. The number of hydrogen-bond acceptors (Lipinski definition) is 4. The van der Waals surface area contributed by atoms with E-state index in [2.05, 4.69) is 10.3 Å². The van der Waals surface area contributed by atoms with E-state index < -0.39 is 5.82 Å². The van der Waals surface area contributed by atoms with Crippen molar-refractivity contribution in [2.45, 2.75) is 19.9 Å². The van der Waals surface area contributed by atoms with Crippen LogP contribution in [0, 0.1) is 5.82 Å². The van der Waals surface area contributed by atoms with Crippen molar-refractivity contribution >= 4 is 5.91 Å². The first-order valence-electron chi connectivity index (χ1n) is 9.36. The fraction of sp³-hybridized carbons (Fsp3) is 0.227. The van der Waals surface area contributed by atoms with Crippen molar-refractivity contribution < 1.29 is 13.9 Å². The van der Waals surface area contributed by atoms with Gasteiger partial charge in [-0.3, -0.25) is 14.2 Å². The standard InChI is InChI=1S/C22H22FN3O3/c1-2-29-18-9-7-16(8-10-18)20-14-22(28)26(15-25-20)12-11-24-21(27)13-17-5-3-4-6-19(17)23/h3-10,14-15H,2,11-13H2,1H3,(H,24,27). The van der Waals surface area contributed by atoms with Crippen molar-refractivity contribution in [2.75, 3.05) is 13.2 Å². The molecular weight excluding hydrogens is 373 g/mol. The molecule has 3 aromatic rings. The largest absolute Gasteiger partial charge is 0.494 e. The van der Waals surface area contributed by atoms with Crippen molar-refractivity contribution in [2.24, 2.45) is 0 Å². The van der Waals surface area contributed by atoms with E-state index in [0.717, 1.165) is 11.3 Å². The summed E-state index contributed by atoms with van der Waals surface area (Å²) >= 11 is 0. The van der Waals surface area contributed by atoms with Crippen LogP contribution in [0.1, 0.15) is 12.5 Å². The zero-order chi connectivity index (χ0) is 20.6. The molecule has 1 N–H and O–H groups in total. The molecule has 0 saturated carbocycles. The Labute approximate surface area is 168 Å². The summed E-state index contributed by atoms with van der Waals surface area (Å²) in [5.74, 6) is 0.0470. The van der Waals surface area contributed by atoms with Gasteiger partial charge in [-0.2, -0.15) is 0 Å². The van der Waals surface area contributed by atoms with Gasteiger partial charge in [0.2, 0.25) is 5.91 Å². The Morgan fingerprint density at radius 1 is 1.17 bits per heavy atom. The van der Waals surface area contributed by atoms with E-state index >= 15 is 0 Å². The van der Waals surface area contributed by atoms with Crippen molar-refractivity contribution in [3.05, 3.63) is 82.7 Å². The highest BCUT2D eigenvalue weighted by molar-refractivity contribution is 5.78. The van der Waals surface area contributed by atoms with Crippen LogP contribution in [0.5, 0.6) is 5.75 Å². The number of amides is 1. The molecule has 7 heteroatoms. The number of ether oxygens (including phenoxy) is 1. The van der Waals surface area contributed by atoms with E-state index in [-0.39, 0.29) is 31.0 Å². The average molecular weight is 395 g/mol. The molecule has 0 atom stereocenters. The van der Waals surface area contributed by atoms with Crippen LogP contribution >= 0.6 is 0 Å². The first kappa shape index (κ1) is 20.3. The van der Waals surface area contributed by atoms with Gasteiger partial charge in [-0.05, 0) is 42.8 Å². The highest BCUT2D eigenvalue weighted by atomic mass is 19.1. The van der Waals surface area contributed by atoms with Gasteiger partial charge in [0.25, 0.3) is 5.56 Å². The van der Waals surface area contributed by atoms with Crippen LogP contribution in [0.2, 0.25) is 0 Å². The second-order valence-electron chi connectivity index (χ2n) is 6.38. The molecule has 1 aromatic heterocycles. The van der Waals surface area contributed by atoms with Gasteiger partial charge >= 0.3 is 0 Å². The van der Waals surface area contributed by atoms with Gasteiger partial charge in [0.05, 0.1) is 25.0 Å². The summed E-state index contributed by atoms with van der Waals surface area (Å²) < 4.78 is 20.4. The lowest BCUT2D eigenvalue weighted by Gasteiger charge is -2.09. The number of aromatic nitrogens is 2. The molecule has 0 aliphatic rings. The zero-order valence-electron chi connectivity index (χ0n) is 16.1. The molecule has 0 bridgehead atoms.